The van der Waals surface area contributed by atoms with Crippen LogP contribution in [0.4, 0.5) is 0 Å². The Balaban J connectivity index is 1.64. The van der Waals surface area contributed by atoms with Crippen LogP contribution in [0, 0.1) is 6.92 Å². The quantitative estimate of drug-likeness (QED) is 0.898. The molecule has 101 valence electrons. The smallest absolute Gasteiger partial charge is 0.107 e. The molecule has 2 heterocycles. The van der Waals surface area contributed by atoms with E-state index in [4.69, 9.17) is 0 Å². The lowest BCUT2D eigenvalue weighted by molar-refractivity contribution is 0.0268. The average molecular weight is 257 g/mol. The van der Waals surface area contributed by atoms with Gasteiger partial charge in [-0.25, -0.2) is 0 Å². The SMILES string of the molecule is [CH2]C(CN1CCCC1O)N1C=Cc2ccccc2C1. The largest absolute Gasteiger partial charge is 0.378 e. The highest BCUT2D eigenvalue weighted by Gasteiger charge is 2.25. The summed E-state index contributed by atoms with van der Waals surface area (Å²) < 4.78 is 0. The van der Waals surface area contributed by atoms with Gasteiger partial charge in [-0.3, -0.25) is 4.90 Å². The summed E-state index contributed by atoms with van der Waals surface area (Å²) in [6, 6.07) is 8.64. The van der Waals surface area contributed by atoms with Crippen molar-refractivity contribution >= 4 is 6.08 Å². The van der Waals surface area contributed by atoms with Gasteiger partial charge < -0.3 is 10.0 Å². The van der Waals surface area contributed by atoms with Gasteiger partial charge in [-0.1, -0.05) is 24.3 Å². The third kappa shape index (κ3) is 2.67. The maximum absolute atomic E-state index is 9.86. The van der Waals surface area contributed by atoms with Crippen LogP contribution < -0.4 is 0 Å². The number of aliphatic hydroxyl groups excluding tert-OH is 1. The van der Waals surface area contributed by atoms with Crippen molar-refractivity contribution in [3.63, 3.8) is 0 Å². The van der Waals surface area contributed by atoms with Crippen molar-refractivity contribution in [2.24, 2.45) is 0 Å². The number of likely N-dealkylation sites (tertiary alicyclic amines) is 1. The summed E-state index contributed by atoms with van der Waals surface area (Å²) in [6.07, 6.45) is 5.99. The van der Waals surface area contributed by atoms with E-state index in [1.54, 1.807) is 0 Å². The fourth-order valence-corrected chi connectivity index (χ4v) is 2.91. The molecule has 2 aliphatic heterocycles. The molecule has 3 rings (SSSR count). The van der Waals surface area contributed by atoms with Crippen LogP contribution in [-0.4, -0.2) is 40.3 Å². The molecule has 3 nitrogen and oxygen atoms in total. The summed E-state index contributed by atoms with van der Waals surface area (Å²) >= 11 is 0. The molecule has 1 saturated heterocycles. The maximum atomic E-state index is 9.86. The van der Waals surface area contributed by atoms with Crippen molar-refractivity contribution in [2.45, 2.75) is 31.7 Å². The molecule has 0 aliphatic carbocycles. The highest BCUT2D eigenvalue weighted by molar-refractivity contribution is 5.55. The van der Waals surface area contributed by atoms with Crippen LogP contribution in [0.3, 0.4) is 0 Å². The van der Waals surface area contributed by atoms with Crippen LogP contribution in [0.1, 0.15) is 24.0 Å². The summed E-state index contributed by atoms with van der Waals surface area (Å²) in [5.41, 5.74) is 2.65. The van der Waals surface area contributed by atoms with E-state index in [1.165, 1.54) is 11.1 Å². The molecule has 1 aromatic carbocycles. The molecule has 0 spiro atoms. The second kappa shape index (κ2) is 5.35. The van der Waals surface area contributed by atoms with Crippen molar-refractivity contribution in [3.8, 4) is 0 Å². The molecule has 1 fully saturated rings. The lowest BCUT2D eigenvalue weighted by Crippen LogP contribution is -2.42. The van der Waals surface area contributed by atoms with Crippen molar-refractivity contribution in [1.82, 2.24) is 9.80 Å². The molecule has 1 aromatic rings. The Morgan fingerprint density at radius 1 is 1.37 bits per heavy atom. The molecule has 0 amide bonds. The fraction of sp³-hybridized carbons (Fsp3) is 0.438. The lowest BCUT2D eigenvalue weighted by atomic mass is 10.0. The van der Waals surface area contributed by atoms with E-state index < -0.39 is 0 Å². The third-order valence-electron chi connectivity index (χ3n) is 4.10. The van der Waals surface area contributed by atoms with E-state index >= 15 is 0 Å². The van der Waals surface area contributed by atoms with Gasteiger partial charge in [0.05, 0.1) is 0 Å². The van der Waals surface area contributed by atoms with Gasteiger partial charge in [-0.2, -0.15) is 0 Å². The number of rotatable bonds is 3. The molecule has 0 aromatic heterocycles. The van der Waals surface area contributed by atoms with Crippen LogP contribution in [0.2, 0.25) is 0 Å². The Bertz CT molecular complexity index is 472. The molecule has 1 radical (unpaired) electrons. The van der Waals surface area contributed by atoms with Gasteiger partial charge in [-0.15, -0.1) is 0 Å². The number of benzene rings is 1. The topological polar surface area (TPSA) is 26.7 Å². The highest BCUT2D eigenvalue weighted by Crippen LogP contribution is 2.22. The van der Waals surface area contributed by atoms with Crippen molar-refractivity contribution in [3.05, 3.63) is 48.5 Å². The summed E-state index contributed by atoms with van der Waals surface area (Å²) in [4.78, 5) is 4.39. The molecule has 2 aliphatic rings. The predicted octanol–water partition coefficient (Wildman–Crippen LogP) is 2.09. The Hall–Kier alpha value is -1.32. The van der Waals surface area contributed by atoms with Crippen molar-refractivity contribution in [2.75, 3.05) is 13.1 Å². The van der Waals surface area contributed by atoms with E-state index in [9.17, 15) is 5.11 Å². The lowest BCUT2D eigenvalue weighted by Gasteiger charge is -2.34. The van der Waals surface area contributed by atoms with Gasteiger partial charge in [0, 0.05) is 31.9 Å². The molecule has 1 N–H and O–H groups in total. The zero-order valence-corrected chi connectivity index (χ0v) is 11.2. The van der Waals surface area contributed by atoms with Crippen LogP contribution in [0.25, 0.3) is 6.08 Å². The summed E-state index contributed by atoms with van der Waals surface area (Å²) in [6.45, 7) is 6.98. The number of nitrogens with zero attached hydrogens (tertiary/aromatic N) is 2. The van der Waals surface area contributed by atoms with Gasteiger partial charge in [0.15, 0.2) is 0 Å². The minimum Gasteiger partial charge on any atom is -0.378 e. The molecule has 19 heavy (non-hydrogen) atoms. The fourth-order valence-electron chi connectivity index (χ4n) is 2.91. The summed E-state index contributed by atoms with van der Waals surface area (Å²) in [7, 11) is 0. The van der Waals surface area contributed by atoms with E-state index in [0.29, 0.717) is 0 Å². The molecule has 0 bridgehead atoms. The standard InChI is InChI=1S/C16H21N2O/c1-13(11-18-9-4-7-16(18)19)17-10-8-14-5-2-3-6-15(14)12-17/h2-3,5-6,8,10,13,16,19H,1,4,7,9,11-12H2. The number of hydrogen-bond donors (Lipinski definition) is 1. The summed E-state index contributed by atoms with van der Waals surface area (Å²) in [5.74, 6) is 0. The molecule has 3 heteroatoms. The molecular formula is C16H21N2O. The highest BCUT2D eigenvalue weighted by atomic mass is 16.3. The second-order valence-electron chi connectivity index (χ2n) is 5.46. The Morgan fingerprint density at radius 3 is 3.00 bits per heavy atom. The molecular weight excluding hydrogens is 236 g/mol. The van der Waals surface area contributed by atoms with Gasteiger partial charge in [-0.05, 0) is 37.0 Å². The van der Waals surface area contributed by atoms with Crippen LogP contribution in [-0.2, 0) is 6.54 Å². The van der Waals surface area contributed by atoms with Gasteiger partial charge in [0.2, 0.25) is 0 Å². The first-order chi connectivity index (χ1) is 9.24. The van der Waals surface area contributed by atoms with Crippen LogP contribution in [0.5, 0.6) is 0 Å². The van der Waals surface area contributed by atoms with Gasteiger partial charge in [0.25, 0.3) is 0 Å². The van der Waals surface area contributed by atoms with E-state index in [0.717, 1.165) is 32.5 Å². The molecule has 2 unspecified atom stereocenters. The van der Waals surface area contributed by atoms with E-state index in [-0.39, 0.29) is 12.3 Å². The Labute approximate surface area is 115 Å². The first-order valence-electron chi connectivity index (χ1n) is 7.01. The van der Waals surface area contributed by atoms with Crippen LogP contribution >= 0.6 is 0 Å². The normalized spacial score (nSPS) is 24.5. The van der Waals surface area contributed by atoms with E-state index in [2.05, 4.69) is 53.3 Å². The van der Waals surface area contributed by atoms with E-state index in [1.807, 2.05) is 0 Å². The number of aliphatic hydroxyl groups is 1. The maximum Gasteiger partial charge on any atom is 0.107 e. The second-order valence-corrected chi connectivity index (χ2v) is 5.46. The first-order valence-corrected chi connectivity index (χ1v) is 7.01. The third-order valence-corrected chi connectivity index (χ3v) is 4.10. The van der Waals surface area contributed by atoms with Crippen LogP contribution in [0.15, 0.2) is 30.5 Å². The zero-order valence-electron chi connectivity index (χ0n) is 11.2. The summed E-state index contributed by atoms with van der Waals surface area (Å²) in [5, 5.41) is 9.86. The minimum absolute atomic E-state index is 0.178. The zero-order chi connectivity index (χ0) is 13.2. The van der Waals surface area contributed by atoms with Gasteiger partial charge in [0.1, 0.15) is 6.23 Å². The Morgan fingerprint density at radius 2 is 2.21 bits per heavy atom. The Kier molecular flexibility index (Phi) is 3.58. The minimum atomic E-state index is -0.273. The van der Waals surface area contributed by atoms with Crippen molar-refractivity contribution < 1.29 is 5.11 Å². The number of hydrogen-bond acceptors (Lipinski definition) is 3. The first kappa shape index (κ1) is 12.7. The molecule has 2 atom stereocenters. The number of fused-ring (bicyclic) bond motifs is 1. The monoisotopic (exact) mass is 257 g/mol. The molecule has 0 saturated carbocycles. The predicted molar refractivity (Wildman–Crippen MR) is 77.0 cm³/mol. The van der Waals surface area contributed by atoms with Gasteiger partial charge >= 0.3 is 0 Å². The van der Waals surface area contributed by atoms with Crippen molar-refractivity contribution in [1.29, 1.82) is 0 Å². The average Bonchev–Trinajstić information content (AvgIpc) is 2.84.